The number of furan rings is 1. The quantitative estimate of drug-likeness (QED) is 0.600. The topological polar surface area (TPSA) is 96.7 Å². The summed E-state index contributed by atoms with van der Waals surface area (Å²) in [5.74, 6) is 1.10. The molecule has 0 atom stereocenters. The molecule has 0 amide bonds. The van der Waals surface area contributed by atoms with Crippen LogP contribution in [0.4, 0.5) is 5.95 Å². The molecule has 0 unspecified atom stereocenters. The summed E-state index contributed by atoms with van der Waals surface area (Å²) in [6, 6.07) is 9.13. The summed E-state index contributed by atoms with van der Waals surface area (Å²) in [7, 11) is 0. The van der Waals surface area contributed by atoms with Crippen molar-refractivity contribution in [3.63, 3.8) is 0 Å². The molecule has 0 saturated carbocycles. The summed E-state index contributed by atoms with van der Waals surface area (Å²) in [5, 5.41) is 3.48. The Kier molecular flexibility index (Phi) is 3.51. The number of fused-ring (bicyclic) bond motifs is 1. The molecule has 0 saturated heterocycles. The Morgan fingerprint density at radius 1 is 1.12 bits per heavy atom. The van der Waals surface area contributed by atoms with Crippen LogP contribution in [0.3, 0.4) is 0 Å². The molecule has 0 aliphatic rings. The van der Waals surface area contributed by atoms with Crippen molar-refractivity contribution in [3.8, 4) is 11.1 Å². The molecule has 2 N–H and O–H groups in total. The highest BCUT2D eigenvalue weighted by molar-refractivity contribution is 5.91. The van der Waals surface area contributed by atoms with Crippen LogP contribution >= 0.6 is 0 Å². The molecule has 0 aromatic carbocycles. The first-order valence-electron chi connectivity index (χ1n) is 7.37. The second-order valence-corrected chi connectivity index (χ2v) is 5.14. The summed E-state index contributed by atoms with van der Waals surface area (Å²) in [4.78, 5) is 27.9. The largest absolute Gasteiger partial charge is 0.467 e. The molecule has 4 aromatic rings. The number of nitrogens with zero attached hydrogens (tertiary/aromatic N) is 3. The zero-order chi connectivity index (χ0) is 16.4. The van der Waals surface area contributed by atoms with E-state index < -0.39 is 0 Å². The van der Waals surface area contributed by atoms with Crippen LogP contribution in [0.2, 0.25) is 0 Å². The average Bonchev–Trinajstić information content (AvgIpc) is 3.14. The van der Waals surface area contributed by atoms with E-state index in [1.54, 1.807) is 37.0 Å². The van der Waals surface area contributed by atoms with Gasteiger partial charge >= 0.3 is 0 Å². The highest BCUT2D eigenvalue weighted by atomic mass is 16.3. The molecule has 0 spiro atoms. The number of hydrogen-bond donors (Lipinski definition) is 2. The third-order valence-electron chi connectivity index (χ3n) is 3.61. The fraction of sp³-hybridized carbons (Fsp3) is 0.0588. The Labute approximate surface area is 136 Å². The molecular formula is C17H13N5O2. The van der Waals surface area contributed by atoms with Gasteiger partial charge in [-0.05, 0) is 41.5 Å². The Morgan fingerprint density at radius 2 is 2.00 bits per heavy atom. The maximum atomic E-state index is 12.5. The number of pyridine rings is 2. The van der Waals surface area contributed by atoms with Gasteiger partial charge in [-0.1, -0.05) is 0 Å². The van der Waals surface area contributed by atoms with Crippen molar-refractivity contribution < 1.29 is 4.42 Å². The van der Waals surface area contributed by atoms with Crippen molar-refractivity contribution in [3.05, 3.63) is 71.3 Å². The lowest BCUT2D eigenvalue weighted by Gasteiger charge is -2.07. The number of aromatic amines is 1. The van der Waals surface area contributed by atoms with Gasteiger partial charge in [0, 0.05) is 18.6 Å². The Morgan fingerprint density at radius 3 is 2.79 bits per heavy atom. The maximum Gasteiger partial charge on any atom is 0.262 e. The van der Waals surface area contributed by atoms with E-state index in [9.17, 15) is 4.79 Å². The summed E-state index contributed by atoms with van der Waals surface area (Å²) in [5.41, 5.74) is 1.80. The van der Waals surface area contributed by atoms with Crippen molar-refractivity contribution in [1.29, 1.82) is 0 Å². The Hall–Kier alpha value is -3.48. The molecule has 118 valence electrons. The zero-order valence-corrected chi connectivity index (χ0v) is 12.6. The third-order valence-corrected chi connectivity index (χ3v) is 3.61. The summed E-state index contributed by atoms with van der Waals surface area (Å²) in [6.45, 7) is 0.422. The van der Waals surface area contributed by atoms with Gasteiger partial charge in [0.15, 0.2) is 5.65 Å². The fourth-order valence-corrected chi connectivity index (χ4v) is 2.50. The van der Waals surface area contributed by atoms with Gasteiger partial charge < -0.3 is 9.73 Å². The number of aromatic nitrogens is 4. The van der Waals surface area contributed by atoms with Gasteiger partial charge in [-0.3, -0.25) is 14.8 Å². The first kappa shape index (κ1) is 14.1. The lowest BCUT2D eigenvalue weighted by atomic mass is 10.1. The average molecular weight is 319 g/mol. The Bertz CT molecular complexity index is 1030. The first-order valence-corrected chi connectivity index (χ1v) is 7.37. The van der Waals surface area contributed by atoms with Gasteiger partial charge in [-0.25, -0.2) is 4.98 Å². The monoisotopic (exact) mass is 319 g/mol. The lowest BCUT2D eigenvalue weighted by Crippen LogP contribution is -2.14. The van der Waals surface area contributed by atoms with Crippen molar-refractivity contribution in [1.82, 2.24) is 19.9 Å². The van der Waals surface area contributed by atoms with E-state index in [0.717, 1.165) is 16.9 Å². The maximum absolute atomic E-state index is 12.5. The predicted octanol–water partition coefficient (Wildman–Crippen LogP) is 2.59. The van der Waals surface area contributed by atoms with E-state index in [0.29, 0.717) is 23.5 Å². The minimum absolute atomic E-state index is 0.248. The molecule has 4 aromatic heterocycles. The SMILES string of the molecule is O=c1[nH]c(NCc2ccco2)nc2nccc(-c3ccncc3)c12. The number of nitrogens with one attached hydrogen (secondary N) is 2. The second-order valence-electron chi connectivity index (χ2n) is 5.14. The van der Waals surface area contributed by atoms with Gasteiger partial charge in [0.25, 0.3) is 5.56 Å². The van der Waals surface area contributed by atoms with Crippen LogP contribution in [0.1, 0.15) is 5.76 Å². The molecular weight excluding hydrogens is 306 g/mol. The highest BCUT2D eigenvalue weighted by Crippen LogP contribution is 2.23. The smallest absolute Gasteiger partial charge is 0.262 e. The first-order chi connectivity index (χ1) is 11.8. The van der Waals surface area contributed by atoms with Gasteiger partial charge in [0.05, 0.1) is 18.2 Å². The number of anilines is 1. The highest BCUT2D eigenvalue weighted by Gasteiger charge is 2.11. The minimum atomic E-state index is -0.248. The van der Waals surface area contributed by atoms with E-state index in [1.165, 1.54) is 0 Å². The van der Waals surface area contributed by atoms with Crippen LogP contribution in [0.5, 0.6) is 0 Å². The molecule has 4 rings (SSSR count). The third kappa shape index (κ3) is 2.63. The van der Waals surface area contributed by atoms with Crippen molar-refractivity contribution in [2.45, 2.75) is 6.54 Å². The number of H-pyrrole nitrogens is 1. The molecule has 0 radical (unpaired) electrons. The van der Waals surface area contributed by atoms with Crippen LogP contribution < -0.4 is 10.9 Å². The van der Waals surface area contributed by atoms with Crippen LogP contribution in [0.25, 0.3) is 22.2 Å². The van der Waals surface area contributed by atoms with Crippen molar-refractivity contribution >= 4 is 17.0 Å². The molecule has 0 aliphatic carbocycles. The molecule has 4 heterocycles. The van der Waals surface area contributed by atoms with Crippen LogP contribution in [-0.4, -0.2) is 19.9 Å². The number of hydrogen-bond acceptors (Lipinski definition) is 6. The number of rotatable bonds is 4. The molecule has 0 bridgehead atoms. The van der Waals surface area contributed by atoms with Gasteiger partial charge in [-0.15, -0.1) is 0 Å². The molecule has 7 heteroatoms. The van der Waals surface area contributed by atoms with Crippen LogP contribution in [-0.2, 0) is 6.54 Å². The van der Waals surface area contributed by atoms with Crippen molar-refractivity contribution in [2.24, 2.45) is 0 Å². The van der Waals surface area contributed by atoms with Crippen molar-refractivity contribution in [2.75, 3.05) is 5.32 Å². The standard InChI is InChI=1S/C17H13N5O2/c23-16-14-13(11-3-6-18-7-4-11)5-8-19-15(14)21-17(22-16)20-10-12-2-1-9-24-12/h1-9H,10H2,(H2,19,20,21,22,23). The van der Waals surface area contributed by atoms with E-state index in [4.69, 9.17) is 4.42 Å². The van der Waals surface area contributed by atoms with Crippen LogP contribution in [0.15, 0.2) is 64.4 Å². The van der Waals surface area contributed by atoms with Gasteiger partial charge in [0.1, 0.15) is 5.76 Å². The lowest BCUT2D eigenvalue weighted by molar-refractivity contribution is 0.517. The normalized spacial score (nSPS) is 10.8. The molecule has 7 nitrogen and oxygen atoms in total. The van der Waals surface area contributed by atoms with E-state index in [-0.39, 0.29) is 5.56 Å². The predicted molar refractivity (Wildman–Crippen MR) is 89.4 cm³/mol. The van der Waals surface area contributed by atoms with E-state index in [1.807, 2.05) is 18.2 Å². The molecule has 0 aliphatic heterocycles. The Balaban J connectivity index is 1.76. The van der Waals surface area contributed by atoms with Gasteiger partial charge in [0.2, 0.25) is 5.95 Å². The van der Waals surface area contributed by atoms with E-state index in [2.05, 4.69) is 25.3 Å². The molecule has 0 fully saturated rings. The summed E-state index contributed by atoms with van der Waals surface area (Å²) in [6.07, 6.45) is 6.60. The summed E-state index contributed by atoms with van der Waals surface area (Å²) < 4.78 is 5.25. The zero-order valence-electron chi connectivity index (χ0n) is 12.6. The van der Waals surface area contributed by atoms with Crippen LogP contribution in [0, 0.1) is 0 Å². The minimum Gasteiger partial charge on any atom is -0.467 e. The summed E-state index contributed by atoms with van der Waals surface area (Å²) >= 11 is 0. The molecule has 24 heavy (non-hydrogen) atoms. The second kappa shape index (κ2) is 5.96. The van der Waals surface area contributed by atoms with E-state index >= 15 is 0 Å². The fourth-order valence-electron chi connectivity index (χ4n) is 2.50. The van der Waals surface area contributed by atoms with Gasteiger partial charge in [-0.2, -0.15) is 4.98 Å².